The molecule has 0 spiro atoms. The van der Waals surface area contributed by atoms with Crippen LogP contribution in [0.4, 0.5) is 0 Å². The van der Waals surface area contributed by atoms with E-state index >= 15 is 0 Å². The van der Waals surface area contributed by atoms with E-state index < -0.39 is 11.5 Å². The first-order valence-corrected chi connectivity index (χ1v) is 7.83. The van der Waals surface area contributed by atoms with Crippen molar-refractivity contribution in [1.82, 2.24) is 10.2 Å². The van der Waals surface area contributed by atoms with Crippen molar-refractivity contribution in [1.29, 1.82) is 0 Å². The molecule has 2 aliphatic rings. The molecule has 0 aromatic carbocycles. The molecule has 5 nitrogen and oxygen atoms in total. The van der Waals surface area contributed by atoms with Crippen molar-refractivity contribution in [2.45, 2.75) is 57.7 Å². The Labute approximate surface area is 121 Å². The highest BCUT2D eigenvalue weighted by Crippen LogP contribution is 2.41. The van der Waals surface area contributed by atoms with Gasteiger partial charge in [0.2, 0.25) is 0 Å². The van der Waals surface area contributed by atoms with Crippen molar-refractivity contribution in [3.05, 3.63) is 0 Å². The zero-order chi connectivity index (χ0) is 14.8. The zero-order valence-electron chi connectivity index (χ0n) is 12.9. The monoisotopic (exact) mass is 284 g/mol. The predicted molar refractivity (Wildman–Crippen MR) is 77.8 cm³/mol. The highest BCUT2D eigenvalue weighted by Gasteiger charge is 2.52. The summed E-state index contributed by atoms with van der Waals surface area (Å²) in [6.07, 6.45) is 3.19. The SMILES string of the molecule is CCCNC(CN1CC(C)OCC1C)(C(=O)O)C1CC1. The van der Waals surface area contributed by atoms with Crippen LogP contribution in [0.1, 0.15) is 40.0 Å². The van der Waals surface area contributed by atoms with Gasteiger partial charge in [-0.25, -0.2) is 0 Å². The topological polar surface area (TPSA) is 61.8 Å². The Hall–Kier alpha value is -0.650. The minimum Gasteiger partial charge on any atom is -0.480 e. The molecule has 3 atom stereocenters. The van der Waals surface area contributed by atoms with Crippen LogP contribution < -0.4 is 5.32 Å². The van der Waals surface area contributed by atoms with Gasteiger partial charge >= 0.3 is 5.97 Å². The summed E-state index contributed by atoms with van der Waals surface area (Å²) in [6, 6.07) is 0.284. The van der Waals surface area contributed by atoms with Crippen LogP contribution in [-0.4, -0.2) is 59.9 Å². The third-order valence-electron chi connectivity index (χ3n) is 4.54. The summed E-state index contributed by atoms with van der Waals surface area (Å²) in [7, 11) is 0. The lowest BCUT2D eigenvalue weighted by Crippen LogP contribution is -2.64. The number of carboxylic acid groups (broad SMARTS) is 1. The fourth-order valence-corrected chi connectivity index (χ4v) is 3.08. The number of nitrogens with zero attached hydrogens (tertiary/aromatic N) is 1. The van der Waals surface area contributed by atoms with Gasteiger partial charge in [0.1, 0.15) is 5.54 Å². The first-order chi connectivity index (χ1) is 9.49. The van der Waals surface area contributed by atoms with Crippen LogP contribution in [-0.2, 0) is 9.53 Å². The van der Waals surface area contributed by atoms with Crippen molar-refractivity contribution in [3.63, 3.8) is 0 Å². The predicted octanol–water partition coefficient (Wildman–Crippen LogP) is 1.33. The van der Waals surface area contributed by atoms with Crippen molar-refractivity contribution in [2.75, 3.05) is 26.2 Å². The molecule has 0 amide bonds. The minimum absolute atomic E-state index is 0.183. The molecular weight excluding hydrogens is 256 g/mol. The average Bonchev–Trinajstić information content (AvgIpc) is 3.23. The smallest absolute Gasteiger partial charge is 0.325 e. The summed E-state index contributed by atoms with van der Waals surface area (Å²) in [4.78, 5) is 14.2. The molecule has 2 rings (SSSR count). The number of aliphatic carboxylic acids is 1. The lowest BCUT2D eigenvalue weighted by Gasteiger charge is -2.42. The van der Waals surface area contributed by atoms with Crippen molar-refractivity contribution in [3.8, 4) is 0 Å². The molecule has 1 aliphatic carbocycles. The van der Waals surface area contributed by atoms with Crippen molar-refractivity contribution >= 4 is 5.97 Å². The van der Waals surface area contributed by atoms with Gasteiger partial charge in [-0.2, -0.15) is 0 Å². The highest BCUT2D eigenvalue weighted by molar-refractivity contribution is 5.80. The molecule has 0 bridgehead atoms. The van der Waals surface area contributed by atoms with Gasteiger partial charge in [-0.1, -0.05) is 6.92 Å². The Morgan fingerprint density at radius 1 is 1.45 bits per heavy atom. The molecule has 1 aliphatic heterocycles. The second-order valence-corrected chi connectivity index (χ2v) is 6.40. The summed E-state index contributed by atoms with van der Waals surface area (Å²) >= 11 is 0. The number of hydrogen-bond acceptors (Lipinski definition) is 4. The average molecular weight is 284 g/mol. The second-order valence-electron chi connectivity index (χ2n) is 6.40. The summed E-state index contributed by atoms with van der Waals surface area (Å²) in [5, 5.41) is 13.2. The normalized spacial score (nSPS) is 30.9. The maximum Gasteiger partial charge on any atom is 0.325 e. The highest BCUT2D eigenvalue weighted by atomic mass is 16.5. The second kappa shape index (κ2) is 6.41. The van der Waals surface area contributed by atoms with E-state index in [0.717, 1.165) is 32.4 Å². The van der Waals surface area contributed by atoms with Crippen LogP contribution in [0.3, 0.4) is 0 Å². The van der Waals surface area contributed by atoms with Crippen molar-refractivity contribution < 1.29 is 14.6 Å². The van der Waals surface area contributed by atoms with E-state index in [4.69, 9.17) is 4.74 Å². The van der Waals surface area contributed by atoms with Crippen LogP contribution in [0.5, 0.6) is 0 Å². The number of hydrogen-bond donors (Lipinski definition) is 2. The number of carboxylic acids is 1. The standard InChI is InChI=1S/C15H28N2O3/c1-4-7-16-15(14(18)19,13-5-6-13)10-17-8-12(3)20-9-11(17)2/h11-13,16H,4-10H2,1-3H3,(H,18,19). The van der Waals surface area contributed by atoms with Crippen LogP contribution in [0.15, 0.2) is 0 Å². The third kappa shape index (κ3) is 3.32. The zero-order valence-corrected chi connectivity index (χ0v) is 12.9. The number of morpholine rings is 1. The summed E-state index contributed by atoms with van der Waals surface area (Å²) in [6.45, 7) is 9.10. The van der Waals surface area contributed by atoms with E-state index in [-0.39, 0.29) is 18.1 Å². The summed E-state index contributed by atoms with van der Waals surface area (Å²) in [5.41, 5.74) is -0.776. The van der Waals surface area contributed by atoms with Gasteiger partial charge in [-0.05, 0) is 45.6 Å². The largest absolute Gasteiger partial charge is 0.480 e. The van der Waals surface area contributed by atoms with E-state index in [1.165, 1.54) is 0 Å². The first-order valence-electron chi connectivity index (χ1n) is 7.83. The number of nitrogens with one attached hydrogen (secondary N) is 1. The fourth-order valence-electron chi connectivity index (χ4n) is 3.08. The van der Waals surface area contributed by atoms with Gasteiger partial charge in [0, 0.05) is 19.1 Å². The fraction of sp³-hybridized carbons (Fsp3) is 0.933. The van der Waals surface area contributed by atoms with Gasteiger partial charge in [0.25, 0.3) is 0 Å². The van der Waals surface area contributed by atoms with Crippen LogP contribution in [0.25, 0.3) is 0 Å². The molecule has 5 heteroatoms. The Morgan fingerprint density at radius 3 is 2.70 bits per heavy atom. The molecule has 116 valence electrons. The Bertz CT molecular complexity index is 346. The van der Waals surface area contributed by atoms with Crippen LogP contribution >= 0.6 is 0 Å². The minimum atomic E-state index is -0.776. The summed E-state index contributed by atoms with van der Waals surface area (Å²) in [5.74, 6) is -0.420. The van der Waals surface area contributed by atoms with Gasteiger partial charge in [-0.3, -0.25) is 9.69 Å². The van der Waals surface area contributed by atoms with Gasteiger partial charge in [0.05, 0.1) is 12.7 Å². The molecule has 3 unspecified atom stereocenters. The van der Waals surface area contributed by atoms with Crippen LogP contribution in [0, 0.1) is 5.92 Å². The summed E-state index contributed by atoms with van der Waals surface area (Å²) < 4.78 is 5.64. The Kier molecular flexibility index (Phi) is 5.04. The third-order valence-corrected chi connectivity index (χ3v) is 4.54. The van der Waals surface area contributed by atoms with Gasteiger partial charge < -0.3 is 15.2 Å². The Balaban J connectivity index is 2.11. The van der Waals surface area contributed by atoms with Crippen molar-refractivity contribution in [2.24, 2.45) is 5.92 Å². The number of rotatable bonds is 7. The Morgan fingerprint density at radius 2 is 2.15 bits per heavy atom. The maximum absolute atomic E-state index is 12.0. The lowest BCUT2D eigenvalue weighted by molar-refractivity contribution is -0.149. The van der Waals surface area contributed by atoms with Gasteiger partial charge in [-0.15, -0.1) is 0 Å². The molecule has 1 heterocycles. The lowest BCUT2D eigenvalue weighted by atomic mass is 9.91. The molecule has 2 N–H and O–H groups in total. The molecule has 2 fully saturated rings. The molecule has 0 radical (unpaired) electrons. The van der Waals surface area contributed by atoms with E-state index in [0.29, 0.717) is 13.2 Å². The van der Waals surface area contributed by atoms with Gasteiger partial charge in [0.15, 0.2) is 0 Å². The van der Waals surface area contributed by atoms with Crippen LogP contribution in [0.2, 0.25) is 0 Å². The molecule has 0 aromatic rings. The molecule has 0 aromatic heterocycles. The van der Waals surface area contributed by atoms with E-state index in [1.807, 2.05) is 0 Å². The maximum atomic E-state index is 12.0. The van der Waals surface area contributed by atoms with E-state index in [1.54, 1.807) is 0 Å². The molecular formula is C15H28N2O3. The molecule has 1 saturated heterocycles. The molecule has 1 saturated carbocycles. The van der Waals surface area contributed by atoms with E-state index in [2.05, 4.69) is 31.0 Å². The molecule has 20 heavy (non-hydrogen) atoms. The first kappa shape index (κ1) is 15.7. The van der Waals surface area contributed by atoms with E-state index in [9.17, 15) is 9.90 Å². The number of ether oxygens (including phenoxy) is 1. The number of carbonyl (C=O) groups is 1. The quantitative estimate of drug-likeness (QED) is 0.738.